The first kappa shape index (κ1) is 17.9. The lowest BCUT2D eigenvalue weighted by atomic mass is 10.2. The lowest BCUT2D eigenvalue weighted by molar-refractivity contribution is 0.0908. The van der Waals surface area contributed by atoms with Gasteiger partial charge < -0.3 is 19.8 Å². The molecule has 1 heterocycles. The molecular formula is C17H19ClN2O4. The molecule has 1 aromatic heterocycles. The van der Waals surface area contributed by atoms with Gasteiger partial charge in [-0.05, 0) is 44.2 Å². The van der Waals surface area contributed by atoms with E-state index in [4.69, 9.17) is 20.8 Å². The second-order valence-electron chi connectivity index (χ2n) is 5.30. The van der Waals surface area contributed by atoms with Crippen molar-refractivity contribution in [3.8, 4) is 5.75 Å². The largest absolute Gasteiger partial charge is 0.490 e. The molecule has 1 aromatic carbocycles. The maximum Gasteiger partial charge on any atom is 0.287 e. The average molecular weight is 351 g/mol. The lowest BCUT2D eigenvalue weighted by Gasteiger charge is -2.14. The van der Waals surface area contributed by atoms with Gasteiger partial charge in [0.05, 0.1) is 17.9 Å². The number of benzene rings is 1. The van der Waals surface area contributed by atoms with Gasteiger partial charge >= 0.3 is 0 Å². The van der Waals surface area contributed by atoms with E-state index in [1.807, 2.05) is 13.8 Å². The van der Waals surface area contributed by atoms with Crippen molar-refractivity contribution in [1.82, 2.24) is 10.6 Å². The molecule has 0 radical (unpaired) electrons. The molecule has 2 aromatic rings. The fourth-order valence-electron chi connectivity index (χ4n) is 1.98. The molecule has 2 N–H and O–H groups in total. The summed E-state index contributed by atoms with van der Waals surface area (Å²) in [5.74, 6) is 0.0385. The number of hydrogen-bond donors (Lipinski definition) is 2. The molecule has 0 aliphatic carbocycles. The van der Waals surface area contributed by atoms with Crippen LogP contribution in [0.3, 0.4) is 0 Å². The van der Waals surface area contributed by atoms with Gasteiger partial charge in [0.15, 0.2) is 5.76 Å². The van der Waals surface area contributed by atoms with Crippen molar-refractivity contribution < 1.29 is 18.7 Å². The lowest BCUT2D eigenvalue weighted by Crippen LogP contribution is -2.34. The van der Waals surface area contributed by atoms with Crippen LogP contribution in [0, 0.1) is 0 Å². The first-order valence-corrected chi connectivity index (χ1v) is 7.91. The second-order valence-corrected chi connectivity index (χ2v) is 5.73. The van der Waals surface area contributed by atoms with Crippen molar-refractivity contribution in [2.45, 2.75) is 20.0 Å². The maximum atomic E-state index is 12.3. The molecule has 128 valence electrons. The van der Waals surface area contributed by atoms with Crippen LogP contribution in [0.15, 0.2) is 41.0 Å². The summed E-state index contributed by atoms with van der Waals surface area (Å²) < 4.78 is 10.6. The van der Waals surface area contributed by atoms with Crippen LogP contribution in [-0.2, 0) is 0 Å². The standard InChI is InChI=1S/C17H19ClN2O4/c1-11(2)24-14-6-5-12(18)10-13(14)16(21)19-7-8-20-17(22)15-4-3-9-23-15/h3-6,9-11H,7-8H2,1-2H3,(H,19,21)(H,20,22). The van der Waals surface area contributed by atoms with Crippen LogP contribution >= 0.6 is 11.6 Å². The van der Waals surface area contributed by atoms with E-state index in [9.17, 15) is 9.59 Å². The van der Waals surface area contributed by atoms with Gasteiger partial charge in [0.2, 0.25) is 0 Å². The van der Waals surface area contributed by atoms with Crippen LogP contribution in [0.5, 0.6) is 5.75 Å². The molecular weight excluding hydrogens is 332 g/mol. The summed E-state index contributed by atoms with van der Waals surface area (Å²) in [6.45, 7) is 4.28. The molecule has 0 aliphatic rings. The highest BCUT2D eigenvalue weighted by atomic mass is 35.5. The van der Waals surface area contributed by atoms with Crippen molar-refractivity contribution in [1.29, 1.82) is 0 Å². The Balaban J connectivity index is 1.88. The summed E-state index contributed by atoms with van der Waals surface area (Å²) in [7, 11) is 0. The van der Waals surface area contributed by atoms with E-state index < -0.39 is 0 Å². The van der Waals surface area contributed by atoms with Crippen LogP contribution in [0.25, 0.3) is 0 Å². The Hall–Kier alpha value is -2.47. The highest BCUT2D eigenvalue weighted by Gasteiger charge is 2.14. The Morgan fingerprint density at radius 1 is 1.17 bits per heavy atom. The van der Waals surface area contributed by atoms with E-state index in [0.717, 1.165) is 0 Å². The van der Waals surface area contributed by atoms with E-state index in [0.29, 0.717) is 16.3 Å². The van der Waals surface area contributed by atoms with Gasteiger partial charge in [0.25, 0.3) is 11.8 Å². The maximum absolute atomic E-state index is 12.3. The summed E-state index contributed by atoms with van der Waals surface area (Å²) in [6, 6.07) is 8.08. The summed E-state index contributed by atoms with van der Waals surface area (Å²) >= 11 is 5.95. The Bertz CT molecular complexity index is 699. The number of halogens is 1. The molecule has 0 spiro atoms. The first-order valence-electron chi connectivity index (χ1n) is 7.53. The SMILES string of the molecule is CC(C)Oc1ccc(Cl)cc1C(=O)NCCNC(=O)c1ccco1. The Morgan fingerprint density at radius 2 is 1.88 bits per heavy atom. The fraction of sp³-hybridized carbons (Fsp3) is 0.294. The minimum atomic E-state index is -0.333. The molecule has 0 fully saturated rings. The second kappa shape index (κ2) is 8.40. The predicted octanol–water partition coefficient (Wildman–Crippen LogP) is 2.88. The number of amides is 2. The van der Waals surface area contributed by atoms with Gasteiger partial charge in [-0.25, -0.2) is 0 Å². The Morgan fingerprint density at radius 3 is 2.50 bits per heavy atom. The number of carbonyl (C=O) groups is 2. The number of nitrogens with one attached hydrogen (secondary N) is 2. The third-order valence-corrected chi connectivity index (χ3v) is 3.23. The number of rotatable bonds is 7. The minimum absolute atomic E-state index is 0.0645. The molecule has 0 saturated carbocycles. The van der Waals surface area contributed by atoms with Crippen molar-refractivity contribution in [2.75, 3.05) is 13.1 Å². The van der Waals surface area contributed by atoms with Crippen molar-refractivity contribution in [3.63, 3.8) is 0 Å². The molecule has 7 heteroatoms. The zero-order valence-electron chi connectivity index (χ0n) is 13.5. The van der Waals surface area contributed by atoms with Crippen molar-refractivity contribution in [2.24, 2.45) is 0 Å². The van der Waals surface area contributed by atoms with E-state index in [1.54, 1.807) is 30.3 Å². The zero-order chi connectivity index (χ0) is 17.5. The summed E-state index contributed by atoms with van der Waals surface area (Å²) in [4.78, 5) is 24.0. The van der Waals surface area contributed by atoms with Gasteiger partial charge in [0.1, 0.15) is 5.75 Å². The molecule has 2 amide bonds. The monoisotopic (exact) mass is 350 g/mol. The Kier molecular flexibility index (Phi) is 6.26. The van der Waals surface area contributed by atoms with E-state index in [1.165, 1.54) is 6.26 Å². The fourth-order valence-corrected chi connectivity index (χ4v) is 2.15. The topological polar surface area (TPSA) is 80.6 Å². The number of furan rings is 1. The number of ether oxygens (including phenoxy) is 1. The van der Waals surface area contributed by atoms with Gasteiger partial charge in [-0.2, -0.15) is 0 Å². The summed E-state index contributed by atoms with van der Waals surface area (Å²) in [6.07, 6.45) is 1.36. The van der Waals surface area contributed by atoms with Crippen LogP contribution in [0.1, 0.15) is 34.8 Å². The van der Waals surface area contributed by atoms with Gasteiger partial charge in [0, 0.05) is 18.1 Å². The van der Waals surface area contributed by atoms with Crippen LogP contribution in [-0.4, -0.2) is 31.0 Å². The first-order chi connectivity index (χ1) is 11.5. The third-order valence-electron chi connectivity index (χ3n) is 2.99. The molecule has 0 saturated heterocycles. The molecule has 0 aliphatic heterocycles. The third kappa shape index (κ3) is 5.03. The van der Waals surface area contributed by atoms with Crippen molar-refractivity contribution >= 4 is 23.4 Å². The van der Waals surface area contributed by atoms with E-state index in [2.05, 4.69) is 10.6 Å². The summed E-state index contributed by atoms with van der Waals surface area (Å²) in [5.41, 5.74) is 0.355. The molecule has 24 heavy (non-hydrogen) atoms. The zero-order valence-corrected chi connectivity index (χ0v) is 14.2. The van der Waals surface area contributed by atoms with Crippen LogP contribution < -0.4 is 15.4 Å². The molecule has 0 bridgehead atoms. The average Bonchev–Trinajstić information content (AvgIpc) is 3.07. The molecule has 2 rings (SSSR count). The molecule has 0 atom stereocenters. The van der Waals surface area contributed by atoms with Crippen LogP contribution in [0.2, 0.25) is 5.02 Å². The highest BCUT2D eigenvalue weighted by Crippen LogP contribution is 2.23. The van der Waals surface area contributed by atoms with Gasteiger partial charge in [-0.1, -0.05) is 11.6 Å². The predicted molar refractivity (Wildman–Crippen MR) is 90.6 cm³/mol. The quantitative estimate of drug-likeness (QED) is 0.752. The summed E-state index contributed by atoms with van der Waals surface area (Å²) in [5, 5.41) is 5.81. The molecule has 6 nitrogen and oxygen atoms in total. The van der Waals surface area contributed by atoms with Crippen molar-refractivity contribution in [3.05, 3.63) is 52.9 Å². The number of hydrogen-bond acceptors (Lipinski definition) is 4. The number of carbonyl (C=O) groups excluding carboxylic acids is 2. The molecule has 0 unspecified atom stereocenters. The van der Waals surface area contributed by atoms with Crippen LogP contribution in [0.4, 0.5) is 0 Å². The van der Waals surface area contributed by atoms with Gasteiger partial charge in [-0.15, -0.1) is 0 Å². The Labute approximate surface area is 145 Å². The normalized spacial score (nSPS) is 10.5. The highest BCUT2D eigenvalue weighted by molar-refractivity contribution is 6.31. The van der Waals surface area contributed by atoms with Gasteiger partial charge in [-0.3, -0.25) is 9.59 Å². The minimum Gasteiger partial charge on any atom is -0.490 e. The smallest absolute Gasteiger partial charge is 0.287 e. The van der Waals surface area contributed by atoms with E-state index in [-0.39, 0.29) is 36.8 Å². The van der Waals surface area contributed by atoms with E-state index >= 15 is 0 Å².